The lowest BCUT2D eigenvalue weighted by molar-refractivity contribution is -0.167. The summed E-state index contributed by atoms with van der Waals surface area (Å²) in [6, 6.07) is 27.7. The molecule has 184 valence electrons. The lowest BCUT2D eigenvalue weighted by atomic mass is 9.76. The molecule has 0 aromatic heterocycles. The van der Waals surface area contributed by atoms with E-state index >= 15 is 0 Å². The number of esters is 1. The van der Waals surface area contributed by atoms with E-state index in [1.807, 2.05) is 125 Å². The van der Waals surface area contributed by atoms with E-state index in [1.54, 1.807) is 0 Å². The van der Waals surface area contributed by atoms with Gasteiger partial charge in [0.1, 0.15) is 0 Å². The minimum Gasteiger partial charge on any atom is -0.454 e. The number of hydrogen-bond acceptors (Lipinski definition) is 4. The highest BCUT2D eigenvalue weighted by molar-refractivity contribution is 5.71. The maximum Gasteiger partial charge on any atom is 0.309 e. The van der Waals surface area contributed by atoms with Gasteiger partial charge in [0, 0.05) is 5.41 Å². The van der Waals surface area contributed by atoms with Crippen LogP contribution in [-0.2, 0) is 15.1 Å². The van der Waals surface area contributed by atoms with E-state index in [0.29, 0.717) is 16.7 Å². The maximum absolute atomic E-state index is 13.3. The van der Waals surface area contributed by atoms with Crippen LogP contribution in [0.3, 0.4) is 0 Å². The van der Waals surface area contributed by atoms with Crippen molar-refractivity contribution in [3.05, 3.63) is 119 Å². The first kappa shape index (κ1) is 26.4. The highest BCUT2D eigenvalue weighted by Crippen LogP contribution is 2.44. The average Bonchev–Trinajstić information content (AvgIpc) is 2.89. The molecule has 4 heteroatoms. The summed E-state index contributed by atoms with van der Waals surface area (Å²) in [6.07, 6.45) is 0.630. The molecule has 3 aromatic carbocycles. The van der Waals surface area contributed by atoms with Crippen molar-refractivity contribution in [2.45, 2.75) is 58.3 Å². The van der Waals surface area contributed by atoms with Crippen molar-refractivity contribution in [1.82, 2.24) is 0 Å². The third kappa shape index (κ3) is 5.72. The molecule has 0 bridgehead atoms. The predicted molar refractivity (Wildman–Crippen MR) is 140 cm³/mol. The highest BCUT2D eigenvalue weighted by Gasteiger charge is 2.44. The molecule has 0 saturated heterocycles. The van der Waals surface area contributed by atoms with Crippen LogP contribution in [0.1, 0.15) is 63.3 Å². The molecule has 35 heavy (non-hydrogen) atoms. The number of allylic oxidation sites excluding steroid dienone is 1. The summed E-state index contributed by atoms with van der Waals surface area (Å²) in [5.41, 5.74) is 0.722. The summed E-state index contributed by atoms with van der Waals surface area (Å²) < 4.78 is 6.05. The van der Waals surface area contributed by atoms with Gasteiger partial charge in [0.25, 0.3) is 0 Å². The molecule has 0 heterocycles. The van der Waals surface area contributed by atoms with E-state index in [-0.39, 0.29) is 6.42 Å². The zero-order chi connectivity index (χ0) is 25.5. The lowest BCUT2D eigenvalue weighted by Gasteiger charge is -2.38. The molecule has 2 atom stereocenters. The molecule has 3 aromatic rings. The van der Waals surface area contributed by atoms with E-state index in [9.17, 15) is 15.0 Å². The van der Waals surface area contributed by atoms with Gasteiger partial charge in [-0.1, -0.05) is 123 Å². The number of carbonyl (C=O) groups excluding carboxylic acids is 1. The predicted octanol–water partition coefficient (Wildman–Crippen LogP) is 6.34. The smallest absolute Gasteiger partial charge is 0.309 e. The van der Waals surface area contributed by atoms with Gasteiger partial charge in [-0.3, -0.25) is 4.79 Å². The topological polar surface area (TPSA) is 66.8 Å². The first-order valence-corrected chi connectivity index (χ1v) is 12.2. The van der Waals surface area contributed by atoms with Crippen LogP contribution < -0.4 is 0 Å². The number of benzene rings is 3. The van der Waals surface area contributed by atoms with Crippen molar-refractivity contribution in [1.29, 1.82) is 0 Å². The first-order chi connectivity index (χ1) is 16.7. The van der Waals surface area contributed by atoms with Gasteiger partial charge in [0.2, 0.25) is 0 Å². The zero-order valence-corrected chi connectivity index (χ0v) is 21.0. The summed E-state index contributed by atoms with van der Waals surface area (Å²) >= 11 is 0. The van der Waals surface area contributed by atoms with Crippen LogP contribution in [0.5, 0.6) is 0 Å². The molecule has 2 N–H and O–H groups in total. The van der Waals surface area contributed by atoms with Crippen molar-refractivity contribution in [3.63, 3.8) is 0 Å². The molecular formula is C31H36O4. The van der Waals surface area contributed by atoms with Gasteiger partial charge in [0.15, 0.2) is 11.7 Å². The Morgan fingerprint density at radius 2 is 1.34 bits per heavy atom. The largest absolute Gasteiger partial charge is 0.454 e. The normalized spacial score (nSPS) is 14.3. The summed E-state index contributed by atoms with van der Waals surface area (Å²) in [5.74, 6) is -0.573. The Morgan fingerprint density at radius 1 is 0.886 bits per heavy atom. The highest BCUT2D eigenvalue weighted by atomic mass is 16.6. The maximum atomic E-state index is 13.3. The third-order valence-electron chi connectivity index (χ3n) is 6.91. The van der Waals surface area contributed by atoms with Gasteiger partial charge in [0.05, 0.1) is 12.5 Å². The molecule has 4 nitrogen and oxygen atoms in total. The number of rotatable bonds is 10. The molecule has 0 fully saturated rings. The van der Waals surface area contributed by atoms with Crippen LogP contribution in [0.15, 0.2) is 103 Å². The fourth-order valence-electron chi connectivity index (χ4n) is 4.71. The van der Waals surface area contributed by atoms with Crippen LogP contribution in [0.2, 0.25) is 0 Å². The minimum absolute atomic E-state index is 0.187. The lowest BCUT2D eigenvalue weighted by Crippen LogP contribution is -2.39. The monoisotopic (exact) mass is 472 g/mol. The van der Waals surface area contributed by atoms with Crippen molar-refractivity contribution in [2.24, 2.45) is 5.41 Å². The van der Waals surface area contributed by atoms with Crippen molar-refractivity contribution in [2.75, 3.05) is 0 Å². The molecule has 0 amide bonds. The van der Waals surface area contributed by atoms with Crippen molar-refractivity contribution >= 4 is 5.97 Å². The Morgan fingerprint density at radius 3 is 1.77 bits per heavy atom. The van der Waals surface area contributed by atoms with Gasteiger partial charge in [-0.15, -0.1) is 0 Å². The summed E-state index contributed by atoms with van der Waals surface area (Å²) in [6.45, 7) is 7.84. The molecule has 0 saturated carbocycles. The second-order valence-electron chi connectivity index (χ2n) is 9.39. The molecule has 0 aliphatic rings. The Labute approximate surface area is 208 Å². The SMILES string of the molecule is CC=C(CC)C(C)(C)[C@@H](O)CC(=O)OC(c1ccccc1)C(O)(c1ccccc1)c1ccccc1. The quantitative estimate of drug-likeness (QED) is 0.267. The van der Waals surface area contributed by atoms with E-state index in [1.165, 1.54) is 0 Å². The van der Waals surface area contributed by atoms with Gasteiger partial charge >= 0.3 is 5.97 Å². The molecule has 0 radical (unpaired) electrons. The number of carbonyl (C=O) groups is 1. The van der Waals surface area contributed by atoms with Gasteiger partial charge in [-0.05, 0) is 30.0 Å². The fraction of sp³-hybridized carbons (Fsp3) is 0.323. The molecular weight excluding hydrogens is 436 g/mol. The van der Waals surface area contributed by atoms with Crippen molar-refractivity contribution in [3.8, 4) is 0 Å². The summed E-state index contributed by atoms with van der Waals surface area (Å²) in [7, 11) is 0. The van der Waals surface area contributed by atoms with Crippen molar-refractivity contribution < 1.29 is 19.7 Å². The molecule has 0 aliphatic heterocycles. The molecule has 3 rings (SSSR count). The second kappa shape index (κ2) is 11.5. The number of ether oxygens (including phenoxy) is 1. The minimum atomic E-state index is -1.64. The average molecular weight is 473 g/mol. The van der Waals surface area contributed by atoms with Gasteiger partial charge in [-0.2, -0.15) is 0 Å². The Bertz CT molecular complexity index is 1060. The Hall–Kier alpha value is -3.21. The summed E-state index contributed by atoms with van der Waals surface area (Å²) in [5, 5.41) is 23.3. The zero-order valence-electron chi connectivity index (χ0n) is 21.0. The van der Waals surface area contributed by atoms with Crippen LogP contribution in [-0.4, -0.2) is 22.3 Å². The first-order valence-electron chi connectivity index (χ1n) is 12.2. The van der Waals surface area contributed by atoms with E-state index in [4.69, 9.17) is 4.74 Å². The molecule has 0 aliphatic carbocycles. The molecule has 1 unspecified atom stereocenters. The van der Waals surface area contributed by atoms with Crippen LogP contribution in [0.25, 0.3) is 0 Å². The van der Waals surface area contributed by atoms with Crippen LogP contribution >= 0.6 is 0 Å². The van der Waals surface area contributed by atoms with Gasteiger partial charge in [-0.25, -0.2) is 0 Å². The van der Waals surface area contributed by atoms with E-state index in [0.717, 1.165) is 12.0 Å². The molecule has 0 spiro atoms. The fourth-order valence-corrected chi connectivity index (χ4v) is 4.71. The Kier molecular flexibility index (Phi) is 8.66. The number of hydrogen-bond donors (Lipinski definition) is 2. The van der Waals surface area contributed by atoms with E-state index in [2.05, 4.69) is 0 Å². The van der Waals surface area contributed by atoms with E-state index < -0.39 is 29.2 Å². The Balaban J connectivity index is 2.03. The standard InChI is InChI=1S/C31H36O4/c1-5-24(6-2)30(3,4)27(32)22-28(33)35-29(23-16-10-7-11-17-23)31(34,25-18-12-8-13-19-25)26-20-14-9-15-21-26/h5,7-21,27,29,32,34H,6,22H2,1-4H3/t27-,29?/m0/s1. The van der Waals surface area contributed by atoms with Crippen LogP contribution in [0, 0.1) is 5.41 Å². The summed E-state index contributed by atoms with van der Waals surface area (Å²) in [4.78, 5) is 13.3. The number of aliphatic hydroxyl groups is 2. The number of aliphatic hydroxyl groups excluding tert-OH is 1. The third-order valence-corrected chi connectivity index (χ3v) is 6.91. The second-order valence-corrected chi connectivity index (χ2v) is 9.39. The van der Waals surface area contributed by atoms with Crippen LogP contribution in [0.4, 0.5) is 0 Å². The van der Waals surface area contributed by atoms with Gasteiger partial charge < -0.3 is 14.9 Å².